The lowest BCUT2D eigenvalue weighted by molar-refractivity contribution is -0.116. The molecule has 5 heteroatoms. The van der Waals surface area contributed by atoms with Crippen LogP contribution in [0.1, 0.15) is 12.5 Å². The van der Waals surface area contributed by atoms with E-state index in [1.807, 2.05) is 42.5 Å². The highest BCUT2D eigenvalue weighted by Crippen LogP contribution is 2.26. The molecule has 3 aromatic rings. The number of hydrogen-bond donors (Lipinski definition) is 0. The number of amides is 1. The monoisotopic (exact) mass is 296 g/mol. The Morgan fingerprint density at radius 1 is 1.27 bits per heavy atom. The van der Waals surface area contributed by atoms with Crippen LogP contribution >= 0.6 is 0 Å². The average molecular weight is 296 g/mol. The topological polar surface area (TPSA) is 55.6 Å². The van der Waals surface area contributed by atoms with Crippen LogP contribution in [0, 0.1) is 0 Å². The molecule has 22 heavy (non-hydrogen) atoms. The van der Waals surface area contributed by atoms with Crippen molar-refractivity contribution < 1.29 is 13.9 Å². The van der Waals surface area contributed by atoms with Crippen molar-refractivity contribution in [2.45, 2.75) is 13.5 Å². The molecular weight excluding hydrogens is 280 g/mol. The highest BCUT2D eigenvalue weighted by Gasteiger charge is 2.15. The summed E-state index contributed by atoms with van der Waals surface area (Å²) in [7, 11) is 1.62. The Hall–Kier alpha value is -2.82. The molecule has 1 amide bonds. The average Bonchev–Trinajstić information content (AvgIpc) is 3.00. The Morgan fingerprint density at radius 3 is 2.86 bits per heavy atom. The Balaban J connectivity index is 1.97. The number of carbonyl (C=O) groups is 1. The summed E-state index contributed by atoms with van der Waals surface area (Å²) in [4.78, 5) is 17.8. The summed E-state index contributed by atoms with van der Waals surface area (Å²) >= 11 is 0. The lowest BCUT2D eigenvalue weighted by Gasteiger charge is -2.22. The van der Waals surface area contributed by atoms with Gasteiger partial charge in [-0.15, -0.1) is 0 Å². The van der Waals surface area contributed by atoms with Gasteiger partial charge in [-0.05, 0) is 18.2 Å². The normalized spacial score (nSPS) is 10.6. The summed E-state index contributed by atoms with van der Waals surface area (Å²) in [5.74, 6) is 0.708. The zero-order chi connectivity index (χ0) is 15.5. The van der Waals surface area contributed by atoms with Gasteiger partial charge in [-0.2, -0.15) is 0 Å². The molecular formula is C17H16N2O3. The van der Waals surface area contributed by atoms with Crippen LogP contribution in [0.5, 0.6) is 5.75 Å². The molecule has 0 saturated heterocycles. The van der Waals surface area contributed by atoms with E-state index in [0.29, 0.717) is 12.1 Å². The summed E-state index contributed by atoms with van der Waals surface area (Å²) in [6.07, 6.45) is 1.40. The number of oxazole rings is 1. The second-order valence-electron chi connectivity index (χ2n) is 4.92. The number of aromatic nitrogens is 1. The van der Waals surface area contributed by atoms with Crippen molar-refractivity contribution in [3.05, 3.63) is 54.4 Å². The molecule has 0 aliphatic rings. The predicted molar refractivity (Wildman–Crippen MR) is 83.9 cm³/mol. The number of nitrogens with zero attached hydrogens (tertiary/aromatic N) is 2. The molecule has 1 heterocycles. The van der Waals surface area contributed by atoms with E-state index in [4.69, 9.17) is 9.15 Å². The fraction of sp³-hybridized carbons (Fsp3) is 0.176. The molecule has 1 aromatic heterocycles. The maximum Gasteiger partial charge on any atom is 0.224 e. The first-order chi connectivity index (χ1) is 10.7. The third-order valence-electron chi connectivity index (χ3n) is 3.53. The van der Waals surface area contributed by atoms with E-state index < -0.39 is 0 Å². The Kier molecular flexibility index (Phi) is 3.78. The number of fused-ring (bicyclic) bond motifs is 1. The van der Waals surface area contributed by atoms with Crippen molar-refractivity contribution in [3.63, 3.8) is 0 Å². The third kappa shape index (κ3) is 2.65. The van der Waals surface area contributed by atoms with Crippen molar-refractivity contribution in [3.8, 4) is 5.75 Å². The minimum atomic E-state index is -0.0511. The van der Waals surface area contributed by atoms with Crippen molar-refractivity contribution in [2.75, 3.05) is 12.0 Å². The molecule has 0 aliphatic carbocycles. The van der Waals surface area contributed by atoms with Crippen LogP contribution < -0.4 is 9.64 Å². The molecule has 0 radical (unpaired) electrons. The van der Waals surface area contributed by atoms with Crippen LogP contribution in [0.4, 0.5) is 5.69 Å². The molecule has 0 atom stereocenters. The van der Waals surface area contributed by atoms with Crippen LogP contribution in [0.15, 0.2) is 53.3 Å². The largest absolute Gasteiger partial charge is 0.496 e. The lowest BCUT2D eigenvalue weighted by Crippen LogP contribution is -2.27. The van der Waals surface area contributed by atoms with E-state index in [9.17, 15) is 4.79 Å². The van der Waals surface area contributed by atoms with Gasteiger partial charge >= 0.3 is 0 Å². The number of hydrogen-bond acceptors (Lipinski definition) is 4. The van der Waals surface area contributed by atoms with Gasteiger partial charge < -0.3 is 14.1 Å². The van der Waals surface area contributed by atoms with E-state index in [-0.39, 0.29) is 5.91 Å². The number of methoxy groups -OCH3 is 1. The van der Waals surface area contributed by atoms with Gasteiger partial charge in [-0.25, -0.2) is 4.98 Å². The lowest BCUT2D eigenvalue weighted by atomic mass is 10.1. The first kappa shape index (κ1) is 14.1. The molecule has 5 nitrogen and oxygen atoms in total. The zero-order valence-corrected chi connectivity index (χ0v) is 12.4. The fourth-order valence-corrected chi connectivity index (χ4v) is 2.40. The molecule has 0 fully saturated rings. The van der Waals surface area contributed by atoms with Gasteiger partial charge in [0.15, 0.2) is 12.0 Å². The second-order valence-corrected chi connectivity index (χ2v) is 4.92. The highest BCUT2D eigenvalue weighted by atomic mass is 16.5. The van der Waals surface area contributed by atoms with Gasteiger partial charge in [-0.3, -0.25) is 4.79 Å². The van der Waals surface area contributed by atoms with Crippen molar-refractivity contribution in [1.82, 2.24) is 4.98 Å². The molecule has 0 saturated carbocycles. The summed E-state index contributed by atoms with van der Waals surface area (Å²) in [5, 5.41) is 0. The van der Waals surface area contributed by atoms with Crippen LogP contribution in [0.3, 0.4) is 0 Å². The van der Waals surface area contributed by atoms with E-state index in [1.54, 1.807) is 18.9 Å². The summed E-state index contributed by atoms with van der Waals surface area (Å²) in [6.45, 7) is 1.97. The Labute approximate surface area is 128 Å². The maximum absolute atomic E-state index is 12.1. The van der Waals surface area contributed by atoms with Gasteiger partial charge in [0.25, 0.3) is 0 Å². The molecule has 2 aromatic carbocycles. The number of rotatable bonds is 4. The van der Waals surface area contributed by atoms with Gasteiger partial charge in [0.2, 0.25) is 5.91 Å². The van der Waals surface area contributed by atoms with E-state index in [1.165, 1.54) is 6.39 Å². The van der Waals surface area contributed by atoms with Gasteiger partial charge in [-0.1, -0.05) is 18.2 Å². The van der Waals surface area contributed by atoms with Gasteiger partial charge in [0.05, 0.1) is 13.7 Å². The smallest absolute Gasteiger partial charge is 0.224 e. The van der Waals surface area contributed by atoms with Gasteiger partial charge in [0, 0.05) is 24.2 Å². The summed E-state index contributed by atoms with van der Waals surface area (Å²) < 4.78 is 10.7. The molecule has 3 rings (SSSR count). The minimum absolute atomic E-state index is 0.0511. The quantitative estimate of drug-likeness (QED) is 0.740. The highest BCUT2D eigenvalue weighted by molar-refractivity contribution is 5.93. The van der Waals surface area contributed by atoms with Crippen molar-refractivity contribution in [2.24, 2.45) is 0 Å². The van der Waals surface area contributed by atoms with Crippen molar-refractivity contribution >= 4 is 22.7 Å². The molecule has 0 bridgehead atoms. The maximum atomic E-state index is 12.1. The van der Waals surface area contributed by atoms with Crippen LogP contribution in [-0.2, 0) is 11.3 Å². The van der Waals surface area contributed by atoms with Crippen molar-refractivity contribution in [1.29, 1.82) is 0 Å². The number of para-hydroxylation sites is 1. The minimum Gasteiger partial charge on any atom is -0.496 e. The van der Waals surface area contributed by atoms with Gasteiger partial charge in [0.1, 0.15) is 11.3 Å². The molecule has 112 valence electrons. The number of ether oxygens (including phenoxy) is 1. The number of carbonyl (C=O) groups excluding carboxylic acids is 1. The third-order valence-corrected chi connectivity index (χ3v) is 3.53. The molecule has 0 spiro atoms. The predicted octanol–water partition coefficient (Wildman–Crippen LogP) is 3.39. The Morgan fingerprint density at radius 2 is 2.09 bits per heavy atom. The van der Waals surface area contributed by atoms with E-state index >= 15 is 0 Å². The Bertz CT molecular complexity index is 810. The number of anilines is 1. The number of benzene rings is 2. The standard InChI is InChI=1S/C17H16N2O3/c1-12(20)19(10-13-5-3-4-6-16(13)21-2)14-7-8-15-17(9-14)22-11-18-15/h3-9,11H,10H2,1-2H3. The second kappa shape index (κ2) is 5.89. The van der Waals surface area contributed by atoms with Crippen LogP contribution in [-0.4, -0.2) is 18.0 Å². The molecule has 0 unspecified atom stereocenters. The van der Waals surface area contributed by atoms with E-state index in [2.05, 4.69) is 4.98 Å². The summed E-state index contributed by atoms with van der Waals surface area (Å²) in [5.41, 5.74) is 3.13. The SMILES string of the molecule is COc1ccccc1CN(C(C)=O)c1ccc2ncoc2c1. The fourth-order valence-electron chi connectivity index (χ4n) is 2.40. The van der Waals surface area contributed by atoms with Crippen LogP contribution in [0.2, 0.25) is 0 Å². The summed E-state index contributed by atoms with van der Waals surface area (Å²) in [6, 6.07) is 13.2. The first-order valence-corrected chi connectivity index (χ1v) is 6.92. The van der Waals surface area contributed by atoms with E-state index in [0.717, 1.165) is 22.5 Å². The zero-order valence-electron chi connectivity index (χ0n) is 12.4. The van der Waals surface area contributed by atoms with Crippen LogP contribution in [0.25, 0.3) is 11.1 Å². The first-order valence-electron chi connectivity index (χ1n) is 6.92. The molecule has 0 N–H and O–H groups in total. The molecule has 0 aliphatic heterocycles.